The van der Waals surface area contributed by atoms with Gasteiger partial charge in [-0.1, -0.05) is 33.3 Å². The molecule has 1 N–H and O–H groups in total. The standard InChI is InChI=1S/C16H29NO2/c1-6-10-17-16(15(18)19-7-2)11-13(5)8-9-14(16)12(3)4/h6,12-14,17H,1,7-11H2,2-5H3. The van der Waals surface area contributed by atoms with Gasteiger partial charge < -0.3 is 4.74 Å². The van der Waals surface area contributed by atoms with Crippen LogP contribution in [-0.4, -0.2) is 24.7 Å². The van der Waals surface area contributed by atoms with Crippen LogP contribution in [0.15, 0.2) is 12.7 Å². The summed E-state index contributed by atoms with van der Waals surface area (Å²) in [6, 6.07) is 0. The van der Waals surface area contributed by atoms with Crippen molar-refractivity contribution >= 4 is 5.97 Å². The fourth-order valence-corrected chi connectivity index (χ4v) is 3.44. The van der Waals surface area contributed by atoms with Crippen LogP contribution < -0.4 is 5.32 Å². The Morgan fingerprint density at radius 2 is 2.21 bits per heavy atom. The van der Waals surface area contributed by atoms with Gasteiger partial charge in [-0.25, -0.2) is 0 Å². The molecule has 1 fully saturated rings. The number of hydrogen-bond acceptors (Lipinski definition) is 3. The van der Waals surface area contributed by atoms with E-state index in [-0.39, 0.29) is 5.97 Å². The molecular formula is C16H29NO2. The highest BCUT2D eigenvalue weighted by Gasteiger charge is 2.50. The number of esters is 1. The highest BCUT2D eigenvalue weighted by atomic mass is 16.5. The summed E-state index contributed by atoms with van der Waals surface area (Å²) in [6.45, 7) is 13.3. The molecule has 0 aromatic rings. The van der Waals surface area contributed by atoms with E-state index in [1.165, 1.54) is 6.42 Å². The molecule has 19 heavy (non-hydrogen) atoms. The maximum atomic E-state index is 12.6. The number of hydrogen-bond donors (Lipinski definition) is 1. The Morgan fingerprint density at radius 1 is 1.53 bits per heavy atom. The van der Waals surface area contributed by atoms with E-state index in [2.05, 4.69) is 32.7 Å². The molecule has 0 bridgehead atoms. The Kier molecular flexibility index (Phi) is 6.05. The van der Waals surface area contributed by atoms with Gasteiger partial charge in [0.15, 0.2) is 0 Å². The van der Waals surface area contributed by atoms with Gasteiger partial charge in [-0.2, -0.15) is 0 Å². The Labute approximate surface area is 117 Å². The molecular weight excluding hydrogens is 238 g/mol. The maximum Gasteiger partial charge on any atom is 0.326 e. The molecule has 0 aromatic heterocycles. The lowest BCUT2D eigenvalue weighted by Gasteiger charge is -2.46. The van der Waals surface area contributed by atoms with Crippen molar-refractivity contribution in [2.24, 2.45) is 17.8 Å². The van der Waals surface area contributed by atoms with Crippen molar-refractivity contribution in [3.63, 3.8) is 0 Å². The molecule has 3 heteroatoms. The molecule has 1 rings (SSSR count). The van der Waals surface area contributed by atoms with E-state index >= 15 is 0 Å². The molecule has 0 aliphatic heterocycles. The Bertz CT molecular complexity index is 314. The van der Waals surface area contributed by atoms with Crippen molar-refractivity contribution in [2.75, 3.05) is 13.2 Å². The second-order valence-corrected chi connectivity index (χ2v) is 6.10. The summed E-state index contributed by atoms with van der Waals surface area (Å²) < 4.78 is 5.37. The van der Waals surface area contributed by atoms with Crippen molar-refractivity contribution < 1.29 is 9.53 Å². The smallest absolute Gasteiger partial charge is 0.326 e. The van der Waals surface area contributed by atoms with Gasteiger partial charge in [-0.15, -0.1) is 6.58 Å². The average Bonchev–Trinajstić information content (AvgIpc) is 2.36. The minimum absolute atomic E-state index is 0.0814. The average molecular weight is 267 g/mol. The zero-order valence-electron chi connectivity index (χ0n) is 12.9. The normalized spacial score (nSPS) is 31.2. The predicted octanol–water partition coefficient (Wildman–Crippen LogP) is 3.16. The summed E-state index contributed by atoms with van der Waals surface area (Å²) in [5.74, 6) is 1.27. The van der Waals surface area contributed by atoms with Crippen LogP contribution in [0, 0.1) is 17.8 Å². The largest absolute Gasteiger partial charge is 0.465 e. The number of ether oxygens (including phenoxy) is 1. The van der Waals surface area contributed by atoms with Crippen molar-refractivity contribution in [3.8, 4) is 0 Å². The van der Waals surface area contributed by atoms with Crippen molar-refractivity contribution in [2.45, 2.75) is 52.5 Å². The predicted molar refractivity (Wildman–Crippen MR) is 78.9 cm³/mol. The van der Waals surface area contributed by atoms with E-state index in [0.717, 1.165) is 12.8 Å². The molecule has 0 amide bonds. The molecule has 3 unspecified atom stereocenters. The number of rotatable bonds is 6. The van der Waals surface area contributed by atoms with Crippen molar-refractivity contribution in [3.05, 3.63) is 12.7 Å². The lowest BCUT2D eigenvalue weighted by molar-refractivity contribution is -0.158. The van der Waals surface area contributed by atoms with Gasteiger partial charge in [-0.3, -0.25) is 10.1 Å². The third-order valence-electron chi connectivity index (χ3n) is 4.28. The Balaban J connectivity index is 3.05. The van der Waals surface area contributed by atoms with E-state index in [1.54, 1.807) is 0 Å². The van der Waals surface area contributed by atoms with E-state index in [9.17, 15) is 4.79 Å². The van der Waals surface area contributed by atoms with E-state index in [0.29, 0.717) is 30.9 Å². The van der Waals surface area contributed by atoms with Crippen LogP contribution >= 0.6 is 0 Å². The molecule has 0 aromatic carbocycles. The summed E-state index contributed by atoms with van der Waals surface area (Å²) in [6.07, 6.45) is 4.96. The quantitative estimate of drug-likeness (QED) is 0.593. The monoisotopic (exact) mass is 267 g/mol. The van der Waals surface area contributed by atoms with Crippen molar-refractivity contribution in [1.82, 2.24) is 5.32 Å². The van der Waals surface area contributed by atoms with Gasteiger partial charge in [0, 0.05) is 6.54 Å². The van der Waals surface area contributed by atoms with Gasteiger partial charge in [0.2, 0.25) is 0 Å². The molecule has 1 saturated carbocycles. The molecule has 0 saturated heterocycles. The number of nitrogens with one attached hydrogen (secondary N) is 1. The molecule has 3 nitrogen and oxygen atoms in total. The number of carbonyl (C=O) groups excluding carboxylic acids is 1. The summed E-state index contributed by atoms with van der Waals surface area (Å²) in [7, 11) is 0. The van der Waals surface area contributed by atoms with Gasteiger partial charge in [0.05, 0.1) is 6.61 Å². The van der Waals surface area contributed by atoms with Gasteiger partial charge in [-0.05, 0) is 37.5 Å². The summed E-state index contributed by atoms with van der Waals surface area (Å²) >= 11 is 0. The van der Waals surface area contributed by atoms with Crippen LogP contribution in [-0.2, 0) is 9.53 Å². The van der Waals surface area contributed by atoms with Crippen LogP contribution in [0.1, 0.15) is 47.0 Å². The second kappa shape index (κ2) is 7.09. The topological polar surface area (TPSA) is 38.3 Å². The molecule has 0 spiro atoms. The first kappa shape index (κ1) is 16.2. The molecule has 1 aliphatic carbocycles. The third-order valence-corrected chi connectivity index (χ3v) is 4.28. The zero-order valence-corrected chi connectivity index (χ0v) is 12.9. The Hall–Kier alpha value is -0.830. The van der Waals surface area contributed by atoms with Crippen molar-refractivity contribution in [1.29, 1.82) is 0 Å². The second-order valence-electron chi connectivity index (χ2n) is 6.10. The van der Waals surface area contributed by atoms with Crippen LogP contribution in [0.5, 0.6) is 0 Å². The molecule has 0 heterocycles. The van der Waals surface area contributed by atoms with Gasteiger partial charge >= 0.3 is 5.97 Å². The highest BCUT2D eigenvalue weighted by molar-refractivity contribution is 5.81. The van der Waals surface area contributed by atoms with E-state index in [1.807, 2.05) is 13.0 Å². The minimum atomic E-state index is -0.532. The van der Waals surface area contributed by atoms with Crippen LogP contribution in [0.3, 0.4) is 0 Å². The molecule has 0 radical (unpaired) electrons. The lowest BCUT2D eigenvalue weighted by Crippen LogP contribution is -2.62. The SMILES string of the molecule is C=CCNC1(C(=O)OCC)CC(C)CCC1C(C)C. The fraction of sp³-hybridized carbons (Fsp3) is 0.812. The third kappa shape index (κ3) is 3.59. The summed E-state index contributed by atoms with van der Waals surface area (Å²) in [4.78, 5) is 12.6. The number of carbonyl (C=O) groups is 1. The lowest BCUT2D eigenvalue weighted by atomic mass is 9.65. The fourth-order valence-electron chi connectivity index (χ4n) is 3.44. The molecule has 110 valence electrons. The summed E-state index contributed by atoms with van der Waals surface area (Å²) in [5.41, 5.74) is -0.532. The summed E-state index contributed by atoms with van der Waals surface area (Å²) in [5, 5.41) is 3.44. The van der Waals surface area contributed by atoms with Crippen LogP contribution in [0.2, 0.25) is 0 Å². The maximum absolute atomic E-state index is 12.6. The zero-order chi connectivity index (χ0) is 14.5. The van der Waals surface area contributed by atoms with Crippen LogP contribution in [0.4, 0.5) is 0 Å². The highest BCUT2D eigenvalue weighted by Crippen LogP contribution is 2.41. The van der Waals surface area contributed by atoms with E-state index in [4.69, 9.17) is 4.74 Å². The molecule has 1 aliphatic rings. The van der Waals surface area contributed by atoms with Gasteiger partial charge in [0.25, 0.3) is 0 Å². The van der Waals surface area contributed by atoms with Gasteiger partial charge in [0.1, 0.15) is 5.54 Å². The first-order chi connectivity index (χ1) is 8.97. The minimum Gasteiger partial charge on any atom is -0.465 e. The first-order valence-electron chi connectivity index (χ1n) is 7.51. The van der Waals surface area contributed by atoms with Crippen LogP contribution in [0.25, 0.3) is 0 Å². The van der Waals surface area contributed by atoms with E-state index < -0.39 is 5.54 Å². The molecule has 3 atom stereocenters. The first-order valence-corrected chi connectivity index (χ1v) is 7.51. The Morgan fingerprint density at radius 3 is 2.74 bits per heavy atom.